The van der Waals surface area contributed by atoms with Crippen molar-refractivity contribution in [3.8, 4) is 0 Å². The number of sulfonamides is 1. The molecule has 7 heteroatoms. The second-order valence-electron chi connectivity index (χ2n) is 4.90. The molecule has 1 unspecified atom stereocenters. The zero-order valence-corrected chi connectivity index (χ0v) is 12.0. The number of aliphatic hydroxyl groups is 1. The summed E-state index contributed by atoms with van der Waals surface area (Å²) in [5, 5.41) is 18.1. The minimum Gasteiger partial charge on any atom is -0.398 e. The van der Waals surface area contributed by atoms with Crippen LogP contribution in [0.4, 0.5) is 11.4 Å². The van der Waals surface area contributed by atoms with Crippen molar-refractivity contribution in [2.75, 3.05) is 17.6 Å². The van der Waals surface area contributed by atoms with Crippen molar-refractivity contribution in [2.24, 2.45) is 5.14 Å². The maximum Gasteiger partial charge on any atom is 0.240 e. The van der Waals surface area contributed by atoms with E-state index in [9.17, 15) is 13.5 Å². The molecule has 19 heavy (non-hydrogen) atoms. The molecule has 1 aromatic rings. The topological polar surface area (TPSA) is 118 Å². The number of nitrogens with one attached hydrogen (secondary N) is 1. The van der Waals surface area contributed by atoms with E-state index < -0.39 is 15.6 Å². The highest BCUT2D eigenvalue weighted by Gasteiger charge is 2.19. The van der Waals surface area contributed by atoms with Gasteiger partial charge < -0.3 is 16.2 Å². The highest BCUT2D eigenvalue weighted by atomic mass is 32.2. The molecule has 0 radical (unpaired) electrons. The van der Waals surface area contributed by atoms with Crippen LogP contribution in [0.3, 0.4) is 0 Å². The van der Waals surface area contributed by atoms with E-state index in [2.05, 4.69) is 5.32 Å². The van der Waals surface area contributed by atoms with Crippen LogP contribution in [0.2, 0.25) is 0 Å². The molecule has 108 valence electrons. The smallest absolute Gasteiger partial charge is 0.240 e. The Morgan fingerprint density at radius 3 is 2.53 bits per heavy atom. The van der Waals surface area contributed by atoms with Gasteiger partial charge in [-0.05, 0) is 31.5 Å². The largest absolute Gasteiger partial charge is 0.398 e. The Morgan fingerprint density at radius 1 is 1.42 bits per heavy atom. The van der Waals surface area contributed by atoms with E-state index in [1.807, 2.05) is 6.92 Å². The van der Waals surface area contributed by atoms with Gasteiger partial charge in [0.05, 0.1) is 11.3 Å². The van der Waals surface area contributed by atoms with Gasteiger partial charge in [-0.2, -0.15) is 0 Å². The molecule has 1 rings (SSSR count). The predicted octanol–water partition coefficient (Wildman–Crippen LogP) is 0.879. The van der Waals surface area contributed by atoms with Gasteiger partial charge in [0.15, 0.2) is 0 Å². The zero-order chi connectivity index (χ0) is 14.7. The molecule has 1 atom stereocenters. The highest BCUT2D eigenvalue weighted by molar-refractivity contribution is 7.89. The molecule has 6 N–H and O–H groups in total. The van der Waals surface area contributed by atoms with Gasteiger partial charge in [-0.1, -0.05) is 13.3 Å². The first-order valence-electron chi connectivity index (χ1n) is 6.04. The van der Waals surface area contributed by atoms with E-state index in [4.69, 9.17) is 10.9 Å². The van der Waals surface area contributed by atoms with Crippen LogP contribution in [-0.4, -0.2) is 25.7 Å². The summed E-state index contributed by atoms with van der Waals surface area (Å²) in [6, 6.07) is 4.40. The predicted molar refractivity (Wildman–Crippen MR) is 76.2 cm³/mol. The molecular weight excluding hydrogens is 266 g/mol. The Hall–Kier alpha value is -1.31. The van der Waals surface area contributed by atoms with E-state index in [1.165, 1.54) is 12.1 Å². The molecule has 0 aromatic heterocycles. The molecule has 0 amide bonds. The molecule has 0 aliphatic rings. The third-order valence-electron chi connectivity index (χ3n) is 2.78. The fourth-order valence-electron chi connectivity index (χ4n) is 1.84. The van der Waals surface area contributed by atoms with Crippen molar-refractivity contribution in [3.05, 3.63) is 18.2 Å². The number of anilines is 2. The van der Waals surface area contributed by atoms with Crippen LogP contribution in [0.1, 0.15) is 26.7 Å². The van der Waals surface area contributed by atoms with Gasteiger partial charge in [0.25, 0.3) is 0 Å². The molecule has 0 spiro atoms. The summed E-state index contributed by atoms with van der Waals surface area (Å²) in [6.07, 6.45) is 1.55. The van der Waals surface area contributed by atoms with E-state index >= 15 is 0 Å². The van der Waals surface area contributed by atoms with Gasteiger partial charge in [-0.3, -0.25) is 0 Å². The quantitative estimate of drug-likeness (QED) is 0.579. The van der Waals surface area contributed by atoms with Gasteiger partial charge in [-0.25, -0.2) is 13.6 Å². The van der Waals surface area contributed by atoms with Crippen molar-refractivity contribution >= 4 is 21.4 Å². The van der Waals surface area contributed by atoms with Crippen LogP contribution in [-0.2, 0) is 10.0 Å². The molecule has 0 aliphatic carbocycles. The number of hydrogen-bond acceptors (Lipinski definition) is 5. The maximum absolute atomic E-state index is 11.2. The summed E-state index contributed by atoms with van der Waals surface area (Å²) in [5.41, 5.74) is 5.55. The summed E-state index contributed by atoms with van der Waals surface area (Å²) >= 11 is 0. The fourth-order valence-corrected chi connectivity index (χ4v) is 2.48. The average molecular weight is 287 g/mol. The monoisotopic (exact) mass is 287 g/mol. The van der Waals surface area contributed by atoms with Crippen LogP contribution < -0.4 is 16.2 Å². The minimum atomic E-state index is -3.80. The lowest BCUT2D eigenvalue weighted by atomic mass is 10.0. The minimum absolute atomic E-state index is 0.0858. The number of hydrogen-bond donors (Lipinski definition) is 4. The summed E-state index contributed by atoms with van der Waals surface area (Å²) in [4.78, 5) is -0.0987. The Labute approximate surface area is 113 Å². The van der Waals surface area contributed by atoms with Gasteiger partial charge in [0.1, 0.15) is 4.90 Å². The second kappa shape index (κ2) is 5.77. The number of nitrogen functional groups attached to an aromatic ring is 1. The molecular formula is C12H21N3O3S. The Kier molecular flexibility index (Phi) is 4.78. The van der Waals surface area contributed by atoms with Gasteiger partial charge in [-0.15, -0.1) is 0 Å². The molecule has 0 aliphatic heterocycles. The average Bonchev–Trinajstić information content (AvgIpc) is 2.25. The summed E-state index contributed by atoms with van der Waals surface area (Å²) in [7, 11) is -3.80. The Morgan fingerprint density at radius 2 is 2.05 bits per heavy atom. The van der Waals surface area contributed by atoms with Crippen molar-refractivity contribution in [3.63, 3.8) is 0 Å². The van der Waals surface area contributed by atoms with Crippen molar-refractivity contribution < 1.29 is 13.5 Å². The van der Waals surface area contributed by atoms with Crippen LogP contribution in [0.5, 0.6) is 0 Å². The Balaban J connectivity index is 2.80. The first kappa shape index (κ1) is 15.7. The lowest BCUT2D eigenvalue weighted by molar-refractivity contribution is 0.0637. The number of rotatable bonds is 6. The van der Waals surface area contributed by atoms with Crippen LogP contribution in [0, 0.1) is 0 Å². The van der Waals surface area contributed by atoms with Gasteiger partial charge in [0, 0.05) is 12.2 Å². The van der Waals surface area contributed by atoms with Crippen molar-refractivity contribution in [1.82, 2.24) is 0 Å². The summed E-state index contributed by atoms with van der Waals surface area (Å²) in [6.45, 7) is 4.09. The molecule has 0 bridgehead atoms. The number of nitrogens with two attached hydrogens (primary N) is 2. The van der Waals surface area contributed by atoms with Crippen LogP contribution in [0.15, 0.2) is 23.1 Å². The molecule has 0 saturated carbocycles. The molecule has 6 nitrogen and oxygen atoms in total. The first-order chi connectivity index (χ1) is 8.65. The Bertz CT molecular complexity index is 541. The normalized spacial score (nSPS) is 14.9. The maximum atomic E-state index is 11.2. The third kappa shape index (κ3) is 4.70. The van der Waals surface area contributed by atoms with E-state index in [0.717, 1.165) is 6.42 Å². The fraction of sp³-hybridized carbons (Fsp3) is 0.500. The molecule has 0 saturated heterocycles. The van der Waals surface area contributed by atoms with Crippen LogP contribution >= 0.6 is 0 Å². The standard InChI is InChI=1S/C12H21N3O3S/c1-3-6-12(2,16)8-15-9-4-5-11(10(13)7-9)19(14,17)18/h4-5,7,15-16H,3,6,8,13H2,1-2H3,(H2,14,17,18). The van der Waals surface area contributed by atoms with Crippen LogP contribution in [0.25, 0.3) is 0 Å². The molecule has 0 fully saturated rings. The van der Waals surface area contributed by atoms with E-state index in [-0.39, 0.29) is 10.6 Å². The van der Waals surface area contributed by atoms with Gasteiger partial charge in [0.2, 0.25) is 10.0 Å². The second-order valence-corrected chi connectivity index (χ2v) is 6.43. The summed E-state index contributed by atoms with van der Waals surface area (Å²) < 4.78 is 22.4. The number of benzene rings is 1. The number of primary sulfonamides is 1. The SMILES string of the molecule is CCCC(C)(O)CNc1ccc(S(N)(=O)=O)c(N)c1. The molecule has 1 aromatic carbocycles. The zero-order valence-electron chi connectivity index (χ0n) is 11.2. The molecule has 0 heterocycles. The van der Waals surface area contributed by atoms with E-state index in [0.29, 0.717) is 18.7 Å². The third-order valence-corrected chi connectivity index (χ3v) is 3.76. The first-order valence-corrected chi connectivity index (χ1v) is 7.59. The van der Waals surface area contributed by atoms with Crippen molar-refractivity contribution in [2.45, 2.75) is 37.2 Å². The lowest BCUT2D eigenvalue weighted by Crippen LogP contribution is -2.33. The van der Waals surface area contributed by atoms with E-state index in [1.54, 1.807) is 13.0 Å². The highest BCUT2D eigenvalue weighted by Crippen LogP contribution is 2.22. The van der Waals surface area contributed by atoms with Crippen molar-refractivity contribution in [1.29, 1.82) is 0 Å². The summed E-state index contributed by atoms with van der Waals surface area (Å²) in [5.74, 6) is 0. The lowest BCUT2D eigenvalue weighted by Gasteiger charge is -2.23. The van der Waals surface area contributed by atoms with Gasteiger partial charge >= 0.3 is 0 Å².